The summed E-state index contributed by atoms with van der Waals surface area (Å²) in [7, 11) is -4.02. The number of nitro groups is 1. The summed E-state index contributed by atoms with van der Waals surface area (Å²) in [5, 5.41) is 10.6. The molecule has 2 aromatic rings. The largest absolute Gasteiger partial charge is 0.276 e. The lowest BCUT2D eigenvalue weighted by Crippen LogP contribution is -2.41. The van der Waals surface area contributed by atoms with E-state index in [9.17, 15) is 23.3 Å². The maximum atomic E-state index is 12.3. The number of aryl methyl sites for hydroxylation is 2. The van der Waals surface area contributed by atoms with Crippen LogP contribution in [0.2, 0.25) is 0 Å². The van der Waals surface area contributed by atoms with E-state index in [0.717, 1.165) is 49.9 Å². The monoisotopic (exact) mass is 409 g/mol. The summed E-state index contributed by atoms with van der Waals surface area (Å²) in [4.78, 5) is 25.9. The molecule has 27 heavy (non-hydrogen) atoms. The van der Waals surface area contributed by atoms with Gasteiger partial charge in [0.2, 0.25) is 0 Å². The molecule has 0 saturated carbocycles. The average Bonchev–Trinajstić information content (AvgIpc) is 3.02. The lowest BCUT2D eigenvalue weighted by Gasteiger charge is -2.07. The number of hydrogen-bond acceptors (Lipinski definition) is 6. The first-order chi connectivity index (χ1) is 12.9. The van der Waals surface area contributed by atoms with Crippen LogP contribution in [-0.4, -0.2) is 19.2 Å². The molecule has 1 aromatic heterocycles. The number of nitro benzene ring substituents is 1. The maximum absolute atomic E-state index is 12.3. The second-order valence-corrected chi connectivity index (χ2v) is 9.10. The normalized spacial score (nSPS) is 14.7. The minimum Gasteiger partial charge on any atom is -0.273 e. The Kier molecular flexibility index (Phi) is 5.88. The zero-order valence-electron chi connectivity index (χ0n) is 14.4. The Hall–Kier alpha value is -2.30. The lowest BCUT2D eigenvalue weighted by atomic mass is 10.00. The van der Waals surface area contributed by atoms with Crippen LogP contribution in [0, 0.1) is 10.1 Å². The van der Waals surface area contributed by atoms with Gasteiger partial charge in [-0.3, -0.25) is 20.3 Å². The number of nitrogens with one attached hydrogen (secondary N) is 2. The van der Waals surface area contributed by atoms with Crippen molar-refractivity contribution in [3.05, 3.63) is 55.8 Å². The van der Waals surface area contributed by atoms with Gasteiger partial charge in [0.15, 0.2) is 0 Å². The molecule has 10 heteroatoms. The number of thiophene rings is 1. The molecule has 0 spiro atoms. The SMILES string of the molecule is O=C(NNS(=O)(=O)c1ccc([N+](=O)[O-])cc1)c1cc2c(s1)CCCCCC2. The van der Waals surface area contributed by atoms with Crippen LogP contribution in [0.15, 0.2) is 35.2 Å². The van der Waals surface area contributed by atoms with Gasteiger partial charge >= 0.3 is 0 Å². The van der Waals surface area contributed by atoms with Crippen molar-refractivity contribution in [3.63, 3.8) is 0 Å². The molecular weight excluding hydrogens is 390 g/mol. The molecule has 1 aliphatic carbocycles. The Bertz CT molecular complexity index is 926. The maximum Gasteiger partial charge on any atom is 0.276 e. The summed E-state index contributed by atoms with van der Waals surface area (Å²) in [5.41, 5.74) is 3.17. The average molecular weight is 409 g/mol. The van der Waals surface area contributed by atoms with Crippen LogP contribution in [0.1, 0.15) is 45.8 Å². The van der Waals surface area contributed by atoms with Gasteiger partial charge in [-0.05, 0) is 49.4 Å². The number of nitrogens with zero attached hydrogens (tertiary/aromatic N) is 1. The van der Waals surface area contributed by atoms with Gasteiger partial charge in [0, 0.05) is 17.0 Å². The molecule has 0 bridgehead atoms. The van der Waals surface area contributed by atoms with E-state index >= 15 is 0 Å². The fourth-order valence-corrected chi connectivity index (χ4v) is 4.93. The third-order valence-corrected chi connectivity index (χ3v) is 6.88. The van der Waals surface area contributed by atoms with Gasteiger partial charge in [0.05, 0.1) is 14.7 Å². The summed E-state index contributed by atoms with van der Waals surface area (Å²) in [6.07, 6.45) is 6.45. The summed E-state index contributed by atoms with van der Waals surface area (Å²) < 4.78 is 24.5. The molecule has 3 rings (SSSR count). The number of amides is 1. The van der Waals surface area contributed by atoms with Gasteiger partial charge < -0.3 is 0 Å². The number of hydrogen-bond donors (Lipinski definition) is 2. The molecule has 0 atom stereocenters. The summed E-state index contributed by atoms with van der Waals surface area (Å²) in [5.74, 6) is -0.516. The number of rotatable bonds is 5. The quantitative estimate of drug-likeness (QED) is 0.581. The first-order valence-electron chi connectivity index (χ1n) is 8.55. The molecule has 0 saturated heterocycles. The number of fused-ring (bicyclic) bond motifs is 1. The fourth-order valence-electron chi connectivity index (χ4n) is 2.94. The van der Waals surface area contributed by atoms with Crippen molar-refractivity contribution in [3.8, 4) is 0 Å². The second-order valence-electron chi connectivity index (χ2n) is 6.28. The first-order valence-corrected chi connectivity index (χ1v) is 10.8. The van der Waals surface area contributed by atoms with Crippen molar-refractivity contribution >= 4 is 33.0 Å². The minimum atomic E-state index is -4.02. The molecule has 144 valence electrons. The molecule has 0 fully saturated rings. The third kappa shape index (κ3) is 4.71. The lowest BCUT2D eigenvalue weighted by molar-refractivity contribution is -0.384. The van der Waals surface area contributed by atoms with Crippen molar-refractivity contribution in [2.45, 2.75) is 43.4 Å². The van der Waals surface area contributed by atoms with Crippen LogP contribution >= 0.6 is 11.3 Å². The number of carbonyl (C=O) groups is 1. The van der Waals surface area contributed by atoms with Gasteiger partial charge in [0.1, 0.15) is 0 Å². The molecule has 8 nitrogen and oxygen atoms in total. The number of carbonyl (C=O) groups excluding carboxylic acids is 1. The van der Waals surface area contributed by atoms with Gasteiger partial charge in [-0.2, -0.15) is 0 Å². The Labute approximate surface area is 160 Å². The zero-order chi connectivity index (χ0) is 19.4. The standard InChI is InChI=1S/C17H19N3O5S2/c21-17(16-11-12-5-3-1-2-4-6-15(12)26-16)18-19-27(24,25)14-9-7-13(8-10-14)20(22)23/h7-11,19H,1-6H2,(H,18,21). The number of non-ortho nitro benzene ring substituents is 1. The van der Waals surface area contributed by atoms with E-state index < -0.39 is 20.9 Å². The fraction of sp³-hybridized carbons (Fsp3) is 0.353. The highest BCUT2D eigenvalue weighted by Gasteiger charge is 2.20. The van der Waals surface area contributed by atoms with E-state index in [2.05, 4.69) is 5.43 Å². The Morgan fingerprint density at radius 1 is 1.07 bits per heavy atom. The molecule has 2 N–H and O–H groups in total. The highest BCUT2D eigenvalue weighted by Crippen LogP contribution is 2.28. The van der Waals surface area contributed by atoms with Gasteiger partial charge in [-0.25, -0.2) is 8.42 Å². The summed E-state index contributed by atoms with van der Waals surface area (Å²) in [6.45, 7) is 0. The molecule has 0 aliphatic heterocycles. The number of benzene rings is 1. The molecule has 1 aliphatic rings. The van der Waals surface area contributed by atoms with Crippen molar-refractivity contribution in [2.75, 3.05) is 0 Å². The van der Waals surface area contributed by atoms with E-state index in [0.29, 0.717) is 4.88 Å². The van der Waals surface area contributed by atoms with Crippen LogP contribution in [0.3, 0.4) is 0 Å². The molecule has 1 aromatic carbocycles. The second kappa shape index (κ2) is 8.15. The molecule has 1 heterocycles. The van der Waals surface area contributed by atoms with Crippen LogP contribution in [0.25, 0.3) is 0 Å². The van der Waals surface area contributed by atoms with Crippen LogP contribution in [0.4, 0.5) is 5.69 Å². The summed E-state index contributed by atoms with van der Waals surface area (Å²) >= 11 is 1.40. The van der Waals surface area contributed by atoms with E-state index in [-0.39, 0.29) is 10.6 Å². The van der Waals surface area contributed by atoms with E-state index in [1.807, 2.05) is 10.9 Å². The van der Waals surface area contributed by atoms with E-state index in [1.165, 1.54) is 34.6 Å². The van der Waals surface area contributed by atoms with Crippen molar-refractivity contribution in [2.24, 2.45) is 0 Å². The summed E-state index contributed by atoms with van der Waals surface area (Å²) in [6, 6.07) is 6.25. The molecule has 0 unspecified atom stereocenters. The van der Waals surface area contributed by atoms with Gasteiger partial charge in [-0.15, -0.1) is 16.2 Å². The van der Waals surface area contributed by atoms with Crippen molar-refractivity contribution in [1.29, 1.82) is 0 Å². The predicted octanol–water partition coefficient (Wildman–Crippen LogP) is 2.94. The number of sulfonamides is 1. The van der Waals surface area contributed by atoms with Gasteiger partial charge in [0.25, 0.3) is 21.6 Å². The van der Waals surface area contributed by atoms with Crippen molar-refractivity contribution < 1.29 is 18.1 Å². The molecule has 0 radical (unpaired) electrons. The predicted molar refractivity (Wildman–Crippen MR) is 101 cm³/mol. The number of hydrazine groups is 1. The smallest absolute Gasteiger partial charge is 0.273 e. The topological polar surface area (TPSA) is 118 Å². The molecular formula is C17H19N3O5S2. The zero-order valence-corrected chi connectivity index (χ0v) is 16.1. The van der Waals surface area contributed by atoms with Crippen molar-refractivity contribution in [1.82, 2.24) is 10.3 Å². The minimum absolute atomic E-state index is 0.174. The van der Waals surface area contributed by atoms with Crippen LogP contribution < -0.4 is 10.3 Å². The van der Waals surface area contributed by atoms with E-state index in [1.54, 1.807) is 0 Å². The molecule has 1 amide bonds. The first kappa shape index (κ1) is 19.5. The highest BCUT2D eigenvalue weighted by molar-refractivity contribution is 7.89. The Morgan fingerprint density at radius 2 is 1.74 bits per heavy atom. The van der Waals surface area contributed by atoms with Crippen LogP contribution in [0.5, 0.6) is 0 Å². The highest BCUT2D eigenvalue weighted by atomic mass is 32.2. The Balaban J connectivity index is 1.67. The Morgan fingerprint density at radius 3 is 2.41 bits per heavy atom. The third-order valence-electron chi connectivity index (χ3n) is 4.38. The van der Waals surface area contributed by atoms with Gasteiger partial charge in [-0.1, -0.05) is 12.8 Å². The van der Waals surface area contributed by atoms with E-state index in [4.69, 9.17) is 0 Å². The van der Waals surface area contributed by atoms with Crippen LogP contribution in [-0.2, 0) is 22.9 Å².